The first kappa shape index (κ1) is 14.6. The molecular weight excluding hydrogens is 274 g/mol. The van der Waals surface area contributed by atoms with Gasteiger partial charge in [-0.1, -0.05) is 48.5 Å². The minimum Gasteiger partial charge on any atom is -0.492 e. The number of hydrogen-bond acceptors (Lipinski definition) is 2. The Morgan fingerprint density at radius 2 is 1.86 bits per heavy atom. The van der Waals surface area contributed by atoms with Gasteiger partial charge in [-0.15, -0.1) is 0 Å². The highest BCUT2D eigenvalue weighted by Crippen LogP contribution is 2.26. The molecule has 0 fully saturated rings. The van der Waals surface area contributed by atoms with E-state index < -0.39 is 0 Å². The van der Waals surface area contributed by atoms with Gasteiger partial charge < -0.3 is 10.1 Å². The first-order chi connectivity index (χ1) is 10.8. The molecule has 2 aromatic rings. The molecule has 3 rings (SSSR count). The summed E-state index contributed by atoms with van der Waals surface area (Å²) >= 11 is 0. The van der Waals surface area contributed by atoms with Crippen molar-refractivity contribution < 1.29 is 9.53 Å². The lowest BCUT2D eigenvalue weighted by atomic mass is 9.96. The molecule has 3 nitrogen and oxygen atoms in total. The summed E-state index contributed by atoms with van der Waals surface area (Å²) in [4.78, 5) is 12.2. The number of hydrogen-bond donors (Lipinski definition) is 1. The lowest BCUT2D eigenvalue weighted by Crippen LogP contribution is -2.37. The number of nitrogens with one attached hydrogen (secondary N) is 1. The topological polar surface area (TPSA) is 38.3 Å². The van der Waals surface area contributed by atoms with Gasteiger partial charge in [0.1, 0.15) is 12.4 Å². The molecule has 22 heavy (non-hydrogen) atoms. The van der Waals surface area contributed by atoms with E-state index in [9.17, 15) is 4.79 Å². The summed E-state index contributed by atoms with van der Waals surface area (Å²) < 4.78 is 5.67. The molecule has 1 atom stereocenters. The van der Waals surface area contributed by atoms with Crippen LogP contribution in [0.2, 0.25) is 0 Å². The Morgan fingerprint density at radius 1 is 1.09 bits per heavy atom. The van der Waals surface area contributed by atoms with E-state index in [0.717, 1.165) is 30.6 Å². The number of amides is 1. The number of rotatable bonds is 5. The highest BCUT2D eigenvalue weighted by molar-refractivity contribution is 5.79. The zero-order chi connectivity index (χ0) is 15.2. The van der Waals surface area contributed by atoms with Gasteiger partial charge in [-0.2, -0.15) is 0 Å². The average Bonchev–Trinajstić information content (AvgIpc) is 2.59. The largest absolute Gasteiger partial charge is 0.492 e. The number of fused-ring (bicyclic) bond motifs is 1. The molecule has 0 saturated heterocycles. The molecule has 3 heteroatoms. The number of carbonyl (C=O) groups is 1. The molecule has 1 aliphatic rings. The van der Waals surface area contributed by atoms with Crippen molar-refractivity contribution in [2.45, 2.75) is 19.3 Å². The van der Waals surface area contributed by atoms with Gasteiger partial charge in [-0.05, 0) is 36.5 Å². The van der Waals surface area contributed by atoms with Crippen LogP contribution in [0.1, 0.15) is 17.5 Å². The lowest BCUT2D eigenvalue weighted by Gasteiger charge is -2.24. The lowest BCUT2D eigenvalue weighted by molar-refractivity contribution is -0.126. The average molecular weight is 295 g/mol. The van der Waals surface area contributed by atoms with E-state index in [1.165, 1.54) is 5.56 Å². The molecule has 1 aliphatic heterocycles. The molecule has 0 aliphatic carbocycles. The van der Waals surface area contributed by atoms with Crippen LogP contribution in [0.3, 0.4) is 0 Å². The molecule has 1 amide bonds. The Morgan fingerprint density at radius 3 is 2.73 bits per heavy atom. The third-order valence-electron chi connectivity index (χ3n) is 4.03. The summed E-state index contributed by atoms with van der Waals surface area (Å²) in [6, 6.07) is 18.3. The van der Waals surface area contributed by atoms with E-state index in [0.29, 0.717) is 13.2 Å². The molecule has 0 unspecified atom stereocenters. The number of benzene rings is 2. The van der Waals surface area contributed by atoms with Crippen LogP contribution >= 0.6 is 0 Å². The van der Waals surface area contributed by atoms with Gasteiger partial charge in [-0.25, -0.2) is 0 Å². The van der Waals surface area contributed by atoms with Crippen LogP contribution in [-0.4, -0.2) is 19.1 Å². The Hall–Kier alpha value is -2.29. The first-order valence-corrected chi connectivity index (χ1v) is 7.85. The van der Waals surface area contributed by atoms with Crippen LogP contribution in [0.4, 0.5) is 0 Å². The Balaban J connectivity index is 1.43. The fraction of sp³-hybridized carbons (Fsp3) is 0.316. The van der Waals surface area contributed by atoms with E-state index >= 15 is 0 Å². The standard InChI is InChI=1S/C19H21NO2/c21-19(20-12-6-9-15-7-2-1-3-8-15)17-13-16-10-4-5-11-18(16)22-14-17/h1-5,7-8,10-11,17H,6,9,12-14H2,(H,20,21)/t17-/m1/s1. The van der Waals surface area contributed by atoms with Crippen LogP contribution in [0.5, 0.6) is 5.75 Å². The number of para-hydroxylation sites is 1. The predicted molar refractivity (Wildman–Crippen MR) is 86.9 cm³/mol. The maximum absolute atomic E-state index is 12.2. The van der Waals surface area contributed by atoms with E-state index in [1.807, 2.05) is 42.5 Å². The molecule has 0 radical (unpaired) electrons. The second-order valence-electron chi connectivity index (χ2n) is 5.70. The predicted octanol–water partition coefficient (Wildman–Crippen LogP) is 2.99. The first-order valence-electron chi connectivity index (χ1n) is 7.85. The van der Waals surface area contributed by atoms with Crippen LogP contribution in [0, 0.1) is 5.92 Å². The smallest absolute Gasteiger partial charge is 0.226 e. The molecular formula is C19H21NO2. The minimum atomic E-state index is -0.0772. The van der Waals surface area contributed by atoms with Crippen molar-refractivity contribution in [3.05, 3.63) is 65.7 Å². The van der Waals surface area contributed by atoms with E-state index in [4.69, 9.17) is 4.74 Å². The van der Waals surface area contributed by atoms with Crippen molar-refractivity contribution in [2.75, 3.05) is 13.2 Å². The molecule has 1 heterocycles. The van der Waals surface area contributed by atoms with Gasteiger partial charge in [0.15, 0.2) is 0 Å². The Kier molecular flexibility index (Phi) is 4.74. The van der Waals surface area contributed by atoms with Crippen LogP contribution in [-0.2, 0) is 17.6 Å². The molecule has 0 aromatic heterocycles. The third-order valence-corrected chi connectivity index (χ3v) is 4.03. The van der Waals surface area contributed by atoms with Gasteiger partial charge >= 0.3 is 0 Å². The number of carbonyl (C=O) groups excluding carboxylic acids is 1. The maximum atomic E-state index is 12.2. The third kappa shape index (κ3) is 3.67. The fourth-order valence-corrected chi connectivity index (χ4v) is 2.79. The summed E-state index contributed by atoms with van der Waals surface area (Å²) in [5.41, 5.74) is 2.44. The summed E-state index contributed by atoms with van der Waals surface area (Å²) in [7, 11) is 0. The molecule has 0 bridgehead atoms. The van der Waals surface area contributed by atoms with Crippen LogP contribution in [0.15, 0.2) is 54.6 Å². The van der Waals surface area contributed by atoms with Crippen LogP contribution < -0.4 is 10.1 Å². The summed E-state index contributed by atoms with van der Waals surface area (Å²) in [6.07, 6.45) is 2.71. The summed E-state index contributed by atoms with van der Waals surface area (Å²) in [6.45, 7) is 1.19. The highest BCUT2D eigenvalue weighted by Gasteiger charge is 2.25. The Labute approximate surface area is 131 Å². The highest BCUT2D eigenvalue weighted by atomic mass is 16.5. The van der Waals surface area contributed by atoms with Crippen molar-refractivity contribution >= 4 is 5.91 Å². The van der Waals surface area contributed by atoms with Crippen molar-refractivity contribution in [1.82, 2.24) is 5.32 Å². The summed E-state index contributed by atoms with van der Waals surface area (Å²) in [5, 5.41) is 3.03. The molecule has 0 saturated carbocycles. The van der Waals surface area contributed by atoms with Crippen molar-refractivity contribution in [3.8, 4) is 5.75 Å². The van der Waals surface area contributed by atoms with Crippen LogP contribution in [0.25, 0.3) is 0 Å². The number of ether oxygens (including phenoxy) is 1. The normalized spacial score (nSPS) is 16.5. The maximum Gasteiger partial charge on any atom is 0.226 e. The SMILES string of the molecule is O=C(NCCCc1ccccc1)[C@H]1COc2ccccc2C1. The van der Waals surface area contributed by atoms with Gasteiger partial charge in [0, 0.05) is 6.54 Å². The quantitative estimate of drug-likeness (QED) is 0.861. The van der Waals surface area contributed by atoms with Crippen molar-refractivity contribution in [3.63, 3.8) is 0 Å². The van der Waals surface area contributed by atoms with E-state index in [1.54, 1.807) is 0 Å². The second-order valence-corrected chi connectivity index (χ2v) is 5.70. The minimum absolute atomic E-state index is 0.0772. The number of aryl methyl sites for hydroxylation is 1. The van der Waals surface area contributed by atoms with Gasteiger partial charge in [0.25, 0.3) is 0 Å². The summed E-state index contributed by atoms with van der Waals surface area (Å²) in [5.74, 6) is 0.935. The zero-order valence-corrected chi connectivity index (χ0v) is 12.6. The van der Waals surface area contributed by atoms with Gasteiger partial charge in [-0.3, -0.25) is 4.79 Å². The van der Waals surface area contributed by atoms with E-state index in [-0.39, 0.29) is 11.8 Å². The fourth-order valence-electron chi connectivity index (χ4n) is 2.79. The molecule has 114 valence electrons. The van der Waals surface area contributed by atoms with E-state index in [2.05, 4.69) is 17.4 Å². The van der Waals surface area contributed by atoms with Crippen molar-refractivity contribution in [1.29, 1.82) is 0 Å². The Bertz CT molecular complexity index is 624. The second kappa shape index (κ2) is 7.12. The van der Waals surface area contributed by atoms with Crippen molar-refractivity contribution in [2.24, 2.45) is 5.92 Å². The molecule has 1 N–H and O–H groups in total. The zero-order valence-electron chi connectivity index (χ0n) is 12.6. The van der Waals surface area contributed by atoms with Gasteiger partial charge in [0.05, 0.1) is 5.92 Å². The molecule has 0 spiro atoms. The van der Waals surface area contributed by atoms with Gasteiger partial charge in [0.2, 0.25) is 5.91 Å². The molecule has 2 aromatic carbocycles. The monoisotopic (exact) mass is 295 g/mol.